The highest BCUT2D eigenvalue weighted by Gasteiger charge is 2.23. The Kier molecular flexibility index (Phi) is 12.9. The van der Waals surface area contributed by atoms with Crippen molar-refractivity contribution in [2.75, 3.05) is 25.5 Å². The average molecular weight is 539 g/mol. The molecule has 1 saturated heterocycles. The molecule has 1 saturated carbocycles. The Morgan fingerprint density at radius 3 is 2.27 bits per heavy atom. The quantitative estimate of drug-likeness (QED) is 0.409. The molecule has 8 nitrogen and oxygen atoms in total. The van der Waals surface area contributed by atoms with E-state index in [0.29, 0.717) is 30.2 Å². The van der Waals surface area contributed by atoms with Crippen LogP contribution in [0.4, 0.5) is 24.7 Å². The van der Waals surface area contributed by atoms with E-state index in [-0.39, 0.29) is 10.9 Å². The van der Waals surface area contributed by atoms with Crippen LogP contribution in [-0.2, 0) is 10.8 Å². The van der Waals surface area contributed by atoms with Crippen molar-refractivity contribution < 1.29 is 22.2 Å². The van der Waals surface area contributed by atoms with Gasteiger partial charge in [0.15, 0.2) is 12.1 Å². The van der Waals surface area contributed by atoms with Crippen molar-refractivity contribution >= 4 is 34.7 Å². The van der Waals surface area contributed by atoms with Crippen molar-refractivity contribution in [3.63, 3.8) is 0 Å². The van der Waals surface area contributed by atoms with Crippen LogP contribution in [0.15, 0.2) is 35.4 Å². The number of aromatic nitrogens is 2. The van der Waals surface area contributed by atoms with Gasteiger partial charge in [-0.05, 0) is 49.4 Å². The fraction of sp³-hybridized carbons (Fsp3) is 0.480. The minimum atomic E-state index is -2.93. The predicted octanol–water partition coefficient (Wildman–Crippen LogP) is 4.92. The molecule has 2 fully saturated rings. The Labute approximate surface area is 217 Å². The van der Waals surface area contributed by atoms with Crippen LogP contribution in [-0.4, -0.2) is 52.3 Å². The zero-order valence-corrected chi connectivity index (χ0v) is 21.7. The summed E-state index contributed by atoms with van der Waals surface area (Å²) in [6, 6.07) is 7.83. The normalized spacial score (nSPS) is 16.5. The van der Waals surface area contributed by atoms with Gasteiger partial charge in [0, 0.05) is 37.6 Å². The molecule has 2 aliphatic rings. The number of rotatable bonds is 8. The van der Waals surface area contributed by atoms with E-state index in [4.69, 9.17) is 5.26 Å². The van der Waals surface area contributed by atoms with Crippen molar-refractivity contribution in [3.05, 3.63) is 41.7 Å². The van der Waals surface area contributed by atoms with Crippen molar-refractivity contribution in [2.24, 2.45) is 0 Å². The number of carbonyl (C=O) groups excluding carboxylic acids is 1. The maximum absolute atomic E-state index is 12.6. The summed E-state index contributed by atoms with van der Waals surface area (Å²) in [5, 5.41) is 20.8. The molecular weight excluding hydrogens is 505 g/mol. The van der Waals surface area contributed by atoms with E-state index in [0.717, 1.165) is 37.7 Å². The number of carbonyl (C=O) groups is 1. The van der Waals surface area contributed by atoms with E-state index >= 15 is 0 Å². The van der Waals surface area contributed by atoms with Gasteiger partial charge in [-0.3, -0.25) is 9.48 Å². The van der Waals surface area contributed by atoms with Crippen molar-refractivity contribution in [3.8, 4) is 6.07 Å². The molecule has 202 valence electrons. The van der Waals surface area contributed by atoms with Gasteiger partial charge in [0.25, 0.3) is 0 Å². The second kappa shape index (κ2) is 15.8. The first-order valence-corrected chi connectivity index (χ1v) is 13.2. The van der Waals surface area contributed by atoms with Crippen molar-refractivity contribution in [1.29, 1.82) is 5.26 Å². The fourth-order valence-electron chi connectivity index (χ4n) is 3.77. The van der Waals surface area contributed by atoms with Gasteiger partial charge in [0.05, 0.1) is 23.4 Å². The largest absolute Gasteiger partial charge is 0.394 e. The summed E-state index contributed by atoms with van der Waals surface area (Å²) in [4.78, 5) is 11.9. The minimum absolute atomic E-state index is 0.0477. The molecule has 1 aromatic carbocycles. The van der Waals surface area contributed by atoms with Gasteiger partial charge in [-0.1, -0.05) is 19.3 Å². The summed E-state index contributed by atoms with van der Waals surface area (Å²) in [5.74, 6) is -2.52. The Morgan fingerprint density at radius 1 is 1.22 bits per heavy atom. The molecule has 1 aliphatic carbocycles. The molecule has 1 aromatic heterocycles. The first kappa shape index (κ1) is 30.1. The molecule has 12 heteroatoms. The zero-order chi connectivity index (χ0) is 27.2. The lowest BCUT2D eigenvalue weighted by Gasteiger charge is -2.23. The SMILES string of the molecule is CC#N.CN/C=C\c1c(C=O)c(Nc2ccc(S(=O)C(F)F)cc2)nn1C1CCCCC1.FC1CNC1. The van der Waals surface area contributed by atoms with E-state index < -0.39 is 22.7 Å². The molecule has 0 bridgehead atoms. The van der Waals surface area contributed by atoms with Crippen molar-refractivity contribution in [2.45, 2.75) is 61.9 Å². The average Bonchev–Trinajstić information content (AvgIpc) is 3.24. The van der Waals surface area contributed by atoms with Gasteiger partial charge in [-0.15, -0.1) is 0 Å². The van der Waals surface area contributed by atoms with Crippen LogP contribution in [0.2, 0.25) is 0 Å². The van der Waals surface area contributed by atoms with Crippen LogP contribution in [0.5, 0.6) is 0 Å². The van der Waals surface area contributed by atoms with Crippen LogP contribution in [0.25, 0.3) is 6.08 Å². The van der Waals surface area contributed by atoms with Gasteiger partial charge in [-0.25, -0.2) is 8.60 Å². The molecule has 0 amide bonds. The van der Waals surface area contributed by atoms with Gasteiger partial charge in [0.1, 0.15) is 17.0 Å². The Bertz CT molecular complexity index is 1080. The zero-order valence-electron chi connectivity index (χ0n) is 20.9. The summed E-state index contributed by atoms with van der Waals surface area (Å²) in [6.45, 7) is 2.57. The summed E-state index contributed by atoms with van der Waals surface area (Å²) < 4.78 is 50.1. The standard InChI is InChI=1S/C20H24F2N4O2S.C3H6FN.C2H3N/c1-23-12-11-18-17(13-27)19(25-26(18)15-5-3-2-4-6-15)24-14-7-9-16(10-8-14)29(28)20(21)22;4-3-1-5-2-3;1-2-3/h7-13,15,20,23H,2-6H2,1H3,(H,24,25);3,5H,1-2H2;1H3/b12-11-;;. The molecule has 2 aromatic rings. The maximum atomic E-state index is 12.6. The number of nitrogens with one attached hydrogen (secondary N) is 3. The molecule has 0 spiro atoms. The second-order valence-corrected chi connectivity index (χ2v) is 9.73. The van der Waals surface area contributed by atoms with Crippen LogP contribution in [0.1, 0.15) is 61.1 Å². The minimum Gasteiger partial charge on any atom is -0.394 e. The molecule has 2 heterocycles. The number of hydrogen-bond acceptors (Lipinski definition) is 7. The topological polar surface area (TPSA) is 112 Å². The number of hydrogen-bond donors (Lipinski definition) is 3. The molecule has 37 heavy (non-hydrogen) atoms. The molecule has 0 radical (unpaired) electrons. The van der Waals surface area contributed by atoms with Crippen LogP contribution < -0.4 is 16.0 Å². The van der Waals surface area contributed by atoms with Crippen molar-refractivity contribution in [1.82, 2.24) is 20.4 Å². The second-order valence-electron chi connectivity index (χ2n) is 8.31. The molecule has 3 N–H and O–H groups in total. The highest BCUT2D eigenvalue weighted by molar-refractivity contribution is 7.85. The smallest absolute Gasteiger partial charge is 0.316 e. The lowest BCUT2D eigenvalue weighted by atomic mass is 9.95. The monoisotopic (exact) mass is 538 g/mol. The van der Waals surface area contributed by atoms with Gasteiger partial charge in [-0.2, -0.15) is 19.1 Å². The summed E-state index contributed by atoms with van der Waals surface area (Å²) in [7, 11) is -0.576. The molecule has 1 aliphatic heterocycles. The summed E-state index contributed by atoms with van der Waals surface area (Å²) in [5.41, 5.74) is 1.72. The van der Waals surface area contributed by atoms with Crippen LogP contribution >= 0.6 is 0 Å². The first-order valence-electron chi connectivity index (χ1n) is 12.0. The lowest BCUT2D eigenvalue weighted by molar-refractivity contribution is 0.112. The predicted molar refractivity (Wildman–Crippen MR) is 139 cm³/mol. The number of nitriles is 1. The first-order chi connectivity index (χ1) is 17.9. The number of alkyl halides is 3. The van der Waals surface area contributed by atoms with Gasteiger partial charge in [0.2, 0.25) is 0 Å². The third kappa shape index (κ3) is 9.02. The van der Waals surface area contributed by atoms with Crippen LogP contribution in [0, 0.1) is 11.3 Å². The Balaban J connectivity index is 0.000000518. The number of anilines is 2. The highest BCUT2D eigenvalue weighted by Crippen LogP contribution is 2.33. The van der Waals surface area contributed by atoms with E-state index in [1.807, 2.05) is 10.8 Å². The Hall–Kier alpha value is -3.17. The van der Waals surface area contributed by atoms with Gasteiger partial charge < -0.3 is 16.0 Å². The number of halogens is 3. The third-order valence-corrected chi connectivity index (χ3v) is 6.74. The van der Waals surface area contributed by atoms with E-state index in [9.17, 15) is 22.2 Å². The molecular formula is C25H33F3N6O2S. The van der Waals surface area contributed by atoms with E-state index in [2.05, 4.69) is 21.0 Å². The van der Waals surface area contributed by atoms with E-state index in [1.165, 1.54) is 25.5 Å². The molecule has 1 atom stereocenters. The maximum Gasteiger partial charge on any atom is 0.316 e. The number of aldehydes is 1. The highest BCUT2D eigenvalue weighted by atomic mass is 32.2. The lowest BCUT2D eigenvalue weighted by Crippen LogP contribution is -2.43. The fourth-order valence-corrected chi connectivity index (χ4v) is 4.38. The molecule has 1 unspecified atom stereocenters. The number of nitrogens with zero attached hydrogens (tertiary/aromatic N) is 3. The third-order valence-electron chi connectivity index (χ3n) is 5.67. The van der Waals surface area contributed by atoms with E-state index in [1.54, 1.807) is 31.4 Å². The summed E-state index contributed by atoms with van der Waals surface area (Å²) >= 11 is 0. The molecule has 4 rings (SSSR count). The van der Waals surface area contributed by atoms with Gasteiger partial charge >= 0.3 is 5.76 Å². The van der Waals surface area contributed by atoms with Crippen LogP contribution in [0.3, 0.4) is 0 Å². The number of benzene rings is 1. The summed E-state index contributed by atoms with van der Waals surface area (Å²) in [6.07, 6.45) is 9.27. The Morgan fingerprint density at radius 2 is 1.81 bits per heavy atom.